The molecule has 0 atom stereocenters. The second kappa shape index (κ2) is 5.61. The summed E-state index contributed by atoms with van der Waals surface area (Å²) in [6.07, 6.45) is 3.47. The maximum Gasteiger partial charge on any atom is 0.303 e. The predicted octanol–water partition coefficient (Wildman–Crippen LogP) is -0.0571. The van der Waals surface area contributed by atoms with E-state index in [1.807, 2.05) is 0 Å². The predicted molar refractivity (Wildman–Crippen MR) is 55.3 cm³/mol. The zero-order chi connectivity index (χ0) is 12.0. The van der Waals surface area contributed by atoms with Crippen LogP contribution in [-0.2, 0) is 14.8 Å². The fourth-order valence-corrected chi connectivity index (χ4v) is 2.06. The molecule has 0 aliphatic heterocycles. The lowest BCUT2D eigenvalue weighted by molar-refractivity contribution is -0.137. The first-order chi connectivity index (χ1) is 7.52. The molecule has 0 radical (unpaired) electrons. The van der Waals surface area contributed by atoms with Crippen molar-refractivity contribution in [3.8, 4) is 0 Å². The van der Waals surface area contributed by atoms with E-state index in [1.165, 1.54) is 12.4 Å². The van der Waals surface area contributed by atoms with Crippen molar-refractivity contribution in [3.05, 3.63) is 12.4 Å². The molecule has 8 heteroatoms. The molecule has 90 valence electrons. The fraction of sp³-hybridized carbons (Fsp3) is 0.500. The zero-order valence-corrected chi connectivity index (χ0v) is 9.33. The summed E-state index contributed by atoms with van der Waals surface area (Å²) in [5.74, 6) is -0.877. The molecule has 1 rings (SSSR count). The number of aromatic nitrogens is 2. The Bertz CT molecular complexity index is 426. The highest BCUT2D eigenvalue weighted by molar-refractivity contribution is 7.89. The third kappa shape index (κ3) is 3.99. The first kappa shape index (κ1) is 12.7. The third-order valence-electron chi connectivity index (χ3n) is 1.89. The van der Waals surface area contributed by atoms with Gasteiger partial charge in [-0.2, -0.15) is 5.10 Å². The van der Waals surface area contributed by atoms with Crippen LogP contribution in [0, 0.1) is 0 Å². The van der Waals surface area contributed by atoms with Gasteiger partial charge in [0.25, 0.3) is 0 Å². The summed E-state index contributed by atoms with van der Waals surface area (Å²) < 4.78 is 25.4. The molecule has 0 amide bonds. The van der Waals surface area contributed by atoms with Crippen molar-refractivity contribution in [2.24, 2.45) is 0 Å². The maximum atomic E-state index is 11.5. The summed E-state index contributed by atoms with van der Waals surface area (Å²) in [6, 6.07) is 0. The van der Waals surface area contributed by atoms with E-state index in [0.717, 1.165) is 0 Å². The van der Waals surface area contributed by atoms with Gasteiger partial charge < -0.3 is 5.11 Å². The van der Waals surface area contributed by atoms with Crippen LogP contribution in [-0.4, -0.2) is 36.2 Å². The van der Waals surface area contributed by atoms with Crippen LogP contribution >= 0.6 is 0 Å². The van der Waals surface area contributed by atoms with Crippen molar-refractivity contribution in [2.75, 3.05) is 6.54 Å². The van der Waals surface area contributed by atoms with Gasteiger partial charge in [-0.1, -0.05) is 0 Å². The lowest BCUT2D eigenvalue weighted by atomic mass is 10.2. The summed E-state index contributed by atoms with van der Waals surface area (Å²) >= 11 is 0. The van der Waals surface area contributed by atoms with Crippen molar-refractivity contribution >= 4 is 16.0 Å². The standard InChI is InChI=1S/C8H13N3O4S/c12-8(13)3-1-2-4-11-16(14,15)7-5-9-10-6-7/h5-6,11H,1-4H2,(H,9,10)(H,12,13). The topological polar surface area (TPSA) is 112 Å². The summed E-state index contributed by atoms with van der Waals surface area (Å²) in [6.45, 7) is 0.223. The molecule has 1 aromatic rings. The average molecular weight is 247 g/mol. The van der Waals surface area contributed by atoms with Gasteiger partial charge in [-0.15, -0.1) is 0 Å². The SMILES string of the molecule is O=C(O)CCCCNS(=O)(=O)c1cn[nH]c1. The van der Waals surface area contributed by atoms with Crippen LogP contribution in [0.3, 0.4) is 0 Å². The second-order valence-corrected chi connectivity index (χ2v) is 4.95. The summed E-state index contributed by atoms with van der Waals surface area (Å²) in [4.78, 5) is 10.3. The van der Waals surface area contributed by atoms with Crippen LogP contribution in [0.1, 0.15) is 19.3 Å². The van der Waals surface area contributed by atoms with E-state index in [0.29, 0.717) is 12.8 Å². The van der Waals surface area contributed by atoms with Gasteiger partial charge in [0.1, 0.15) is 4.90 Å². The Kier molecular flexibility index (Phi) is 4.44. The van der Waals surface area contributed by atoms with Crippen molar-refractivity contribution in [3.63, 3.8) is 0 Å². The molecule has 16 heavy (non-hydrogen) atoms. The molecule has 1 heterocycles. The number of rotatable bonds is 7. The van der Waals surface area contributed by atoms with Gasteiger partial charge in [0.2, 0.25) is 10.0 Å². The number of nitrogens with one attached hydrogen (secondary N) is 2. The van der Waals surface area contributed by atoms with E-state index >= 15 is 0 Å². The van der Waals surface area contributed by atoms with E-state index in [1.54, 1.807) is 0 Å². The van der Waals surface area contributed by atoms with E-state index in [9.17, 15) is 13.2 Å². The molecule has 0 saturated carbocycles. The van der Waals surface area contributed by atoms with Gasteiger partial charge in [0.05, 0.1) is 6.20 Å². The van der Waals surface area contributed by atoms with Crippen LogP contribution in [0.5, 0.6) is 0 Å². The molecule has 1 aromatic heterocycles. The molecular formula is C8H13N3O4S. The van der Waals surface area contributed by atoms with Crippen molar-refractivity contribution in [2.45, 2.75) is 24.2 Å². The molecular weight excluding hydrogens is 234 g/mol. The van der Waals surface area contributed by atoms with E-state index in [-0.39, 0.29) is 17.9 Å². The Morgan fingerprint density at radius 3 is 2.81 bits per heavy atom. The van der Waals surface area contributed by atoms with Gasteiger partial charge in [0, 0.05) is 19.2 Å². The number of sulfonamides is 1. The molecule has 0 aliphatic carbocycles. The van der Waals surface area contributed by atoms with Gasteiger partial charge in [0.15, 0.2) is 0 Å². The Morgan fingerprint density at radius 2 is 2.25 bits per heavy atom. The Morgan fingerprint density at radius 1 is 1.50 bits per heavy atom. The van der Waals surface area contributed by atoms with Gasteiger partial charge in [-0.05, 0) is 12.8 Å². The van der Waals surface area contributed by atoms with Crippen molar-refractivity contribution < 1.29 is 18.3 Å². The number of carboxylic acid groups (broad SMARTS) is 1. The highest BCUT2D eigenvalue weighted by Crippen LogP contribution is 2.04. The Labute approximate surface area is 92.9 Å². The monoisotopic (exact) mass is 247 g/mol. The number of hydrogen-bond donors (Lipinski definition) is 3. The highest BCUT2D eigenvalue weighted by Gasteiger charge is 2.13. The van der Waals surface area contributed by atoms with Crippen LogP contribution in [0.2, 0.25) is 0 Å². The summed E-state index contributed by atoms with van der Waals surface area (Å²) in [5.41, 5.74) is 0. The lowest BCUT2D eigenvalue weighted by Crippen LogP contribution is -2.24. The maximum absolute atomic E-state index is 11.5. The molecule has 7 nitrogen and oxygen atoms in total. The molecule has 0 aromatic carbocycles. The summed E-state index contributed by atoms with van der Waals surface area (Å²) in [5, 5.41) is 14.3. The van der Waals surface area contributed by atoms with Gasteiger partial charge in [-0.3, -0.25) is 9.89 Å². The smallest absolute Gasteiger partial charge is 0.303 e. The number of carbonyl (C=O) groups is 1. The second-order valence-electron chi connectivity index (χ2n) is 3.18. The number of aliphatic carboxylic acids is 1. The Balaban J connectivity index is 2.30. The van der Waals surface area contributed by atoms with Crippen LogP contribution in [0.15, 0.2) is 17.3 Å². The fourth-order valence-electron chi connectivity index (χ4n) is 1.08. The number of aromatic amines is 1. The number of unbranched alkanes of at least 4 members (excludes halogenated alkanes) is 1. The number of hydrogen-bond acceptors (Lipinski definition) is 4. The molecule has 3 N–H and O–H groups in total. The van der Waals surface area contributed by atoms with E-state index in [4.69, 9.17) is 5.11 Å². The van der Waals surface area contributed by atoms with E-state index < -0.39 is 16.0 Å². The van der Waals surface area contributed by atoms with E-state index in [2.05, 4.69) is 14.9 Å². The molecule has 0 unspecified atom stereocenters. The van der Waals surface area contributed by atoms with Gasteiger partial charge >= 0.3 is 5.97 Å². The normalized spacial score (nSPS) is 11.5. The minimum absolute atomic E-state index is 0.0490. The zero-order valence-electron chi connectivity index (χ0n) is 8.51. The largest absolute Gasteiger partial charge is 0.481 e. The average Bonchev–Trinajstić information content (AvgIpc) is 2.69. The number of H-pyrrole nitrogens is 1. The van der Waals surface area contributed by atoms with Crippen LogP contribution in [0.4, 0.5) is 0 Å². The first-order valence-electron chi connectivity index (χ1n) is 4.72. The highest BCUT2D eigenvalue weighted by atomic mass is 32.2. The third-order valence-corrected chi connectivity index (χ3v) is 3.32. The van der Waals surface area contributed by atoms with Crippen LogP contribution in [0.25, 0.3) is 0 Å². The minimum atomic E-state index is -3.51. The summed E-state index contributed by atoms with van der Waals surface area (Å²) in [7, 11) is -3.51. The molecule has 0 aliphatic rings. The number of nitrogens with zero attached hydrogens (tertiary/aromatic N) is 1. The van der Waals surface area contributed by atoms with Crippen molar-refractivity contribution in [1.29, 1.82) is 0 Å². The quantitative estimate of drug-likeness (QED) is 0.584. The first-order valence-corrected chi connectivity index (χ1v) is 6.21. The van der Waals surface area contributed by atoms with Crippen LogP contribution < -0.4 is 4.72 Å². The lowest BCUT2D eigenvalue weighted by Gasteiger charge is -2.03. The molecule has 0 bridgehead atoms. The Hall–Kier alpha value is -1.41. The minimum Gasteiger partial charge on any atom is -0.481 e. The number of carboxylic acids is 1. The molecule has 0 spiro atoms. The molecule has 0 saturated heterocycles. The van der Waals surface area contributed by atoms with Crippen molar-refractivity contribution in [1.82, 2.24) is 14.9 Å². The van der Waals surface area contributed by atoms with Gasteiger partial charge in [-0.25, -0.2) is 13.1 Å². The molecule has 0 fully saturated rings.